The smallest absolute Gasteiger partial charge is 0.267 e. The lowest BCUT2D eigenvalue weighted by atomic mass is 10.1. The quantitative estimate of drug-likeness (QED) is 0.738. The zero-order valence-corrected chi connectivity index (χ0v) is 14.8. The molecule has 8 heteroatoms. The molecule has 0 bridgehead atoms. The number of rotatable bonds is 3. The first-order valence-electron chi connectivity index (χ1n) is 7.92. The van der Waals surface area contributed by atoms with Crippen molar-refractivity contribution >= 4 is 22.5 Å². The van der Waals surface area contributed by atoms with Gasteiger partial charge in [-0.15, -0.1) is 0 Å². The summed E-state index contributed by atoms with van der Waals surface area (Å²) in [6, 6.07) is 5.94. The Morgan fingerprint density at radius 3 is 2.56 bits per heavy atom. The van der Waals surface area contributed by atoms with E-state index in [4.69, 9.17) is 4.74 Å². The Morgan fingerprint density at radius 2 is 1.93 bits per heavy atom. The molecule has 1 amide bonds. The van der Waals surface area contributed by atoms with Gasteiger partial charge in [0.2, 0.25) is 0 Å². The number of amides is 1. The van der Waals surface area contributed by atoms with Crippen molar-refractivity contribution in [1.29, 1.82) is 0 Å². The van der Waals surface area contributed by atoms with Gasteiger partial charge >= 0.3 is 0 Å². The molecule has 6 nitrogen and oxygen atoms in total. The SMILES string of the molecule is COc1c(C)ccc2[nH]c(=O)c(C(=O)N(C)c3ccc(F)cc3F)c(O)c12. The van der Waals surface area contributed by atoms with Crippen molar-refractivity contribution in [3.05, 3.63) is 63.4 Å². The summed E-state index contributed by atoms with van der Waals surface area (Å²) in [5.74, 6) is -3.01. The van der Waals surface area contributed by atoms with Crippen molar-refractivity contribution in [3.8, 4) is 11.5 Å². The molecular formula is C19H16F2N2O4. The number of nitrogens with zero attached hydrogens (tertiary/aromatic N) is 1. The van der Waals surface area contributed by atoms with Crippen molar-refractivity contribution in [3.63, 3.8) is 0 Å². The number of anilines is 1. The van der Waals surface area contributed by atoms with Crippen molar-refractivity contribution in [2.75, 3.05) is 19.1 Å². The highest BCUT2D eigenvalue weighted by Gasteiger charge is 2.26. The van der Waals surface area contributed by atoms with Crippen LogP contribution in [0.15, 0.2) is 35.1 Å². The van der Waals surface area contributed by atoms with Gasteiger partial charge in [-0.05, 0) is 30.7 Å². The zero-order valence-electron chi connectivity index (χ0n) is 14.8. The standard InChI is InChI=1S/C19H16F2N2O4/c1-9-4-6-12-14(17(9)27-3)16(24)15(18(25)22-12)19(26)23(2)13-7-5-10(20)8-11(13)21/h4-8H,1-3H3,(H2,22,24,25). The van der Waals surface area contributed by atoms with Crippen molar-refractivity contribution in [2.45, 2.75) is 6.92 Å². The Balaban J connectivity index is 2.21. The van der Waals surface area contributed by atoms with E-state index in [0.717, 1.165) is 17.0 Å². The number of hydrogen-bond acceptors (Lipinski definition) is 4. The highest BCUT2D eigenvalue weighted by Crippen LogP contribution is 2.36. The summed E-state index contributed by atoms with van der Waals surface area (Å²) in [6.45, 7) is 1.74. The summed E-state index contributed by atoms with van der Waals surface area (Å²) in [5.41, 5.74) is -0.685. The lowest BCUT2D eigenvalue weighted by Gasteiger charge is -2.19. The molecular weight excluding hydrogens is 358 g/mol. The molecule has 0 radical (unpaired) electrons. The second-order valence-corrected chi connectivity index (χ2v) is 5.98. The van der Waals surface area contributed by atoms with Crippen molar-refractivity contribution < 1.29 is 23.4 Å². The summed E-state index contributed by atoms with van der Waals surface area (Å²) in [6.07, 6.45) is 0. The molecule has 0 aliphatic rings. The van der Waals surface area contributed by atoms with Crippen LogP contribution < -0.4 is 15.2 Å². The van der Waals surface area contributed by atoms with E-state index in [1.54, 1.807) is 19.1 Å². The highest BCUT2D eigenvalue weighted by molar-refractivity contribution is 6.11. The van der Waals surface area contributed by atoms with Crippen molar-refractivity contribution in [2.24, 2.45) is 0 Å². The fourth-order valence-electron chi connectivity index (χ4n) is 2.94. The van der Waals surface area contributed by atoms with Crippen LogP contribution in [0.5, 0.6) is 11.5 Å². The molecule has 2 N–H and O–H groups in total. The lowest BCUT2D eigenvalue weighted by Crippen LogP contribution is -2.32. The van der Waals surface area contributed by atoms with Crippen LogP contribution in [-0.2, 0) is 0 Å². The number of hydrogen-bond donors (Lipinski definition) is 2. The number of carbonyl (C=O) groups excluding carboxylic acids is 1. The maximum Gasteiger partial charge on any atom is 0.267 e. The summed E-state index contributed by atoms with van der Waals surface area (Å²) in [4.78, 5) is 28.5. The number of carbonyl (C=O) groups is 1. The van der Waals surface area contributed by atoms with Crippen LogP contribution in [0, 0.1) is 18.6 Å². The lowest BCUT2D eigenvalue weighted by molar-refractivity contribution is 0.0988. The number of aromatic hydroxyl groups is 1. The van der Waals surface area contributed by atoms with Gasteiger partial charge in [-0.1, -0.05) is 6.07 Å². The molecule has 0 saturated carbocycles. The molecule has 0 aliphatic heterocycles. The molecule has 0 aliphatic carbocycles. The van der Waals surface area contributed by atoms with Gasteiger partial charge in [0.1, 0.15) is 28.7 Å². The van der Waals surface area contributed by atoms with E-state index in [9.17, 15) is 23.5 Å². The molecule has 2 aromatic carbocycles. The summed E-state index contributed by atoms with van der Waals surface area (Å²) in [7, 11) is 2.61. The van der Waals surface area contributed by atoms with E-state index < -0.39 is 34.4 Å². The number of pyridine rings is 1. The largest absolute Gasteiger partial charge is 0.506 e. The molecule has 1 aromatic heterocycles. The normalized spacial score (nSPS) is 10.9. The summed E-state index contributed by atoms with van der Waals surface area (Å²) in [5, 5.41) is 10.8. The van der Waals surface area contributed by atoms with Crippen LogP contribution in [0.4, 0.5) is 14.5 Å². The van der Waals surface area contributed by atoms with E-state index in [-0.39, 0.29) is 16.6 Å². The fraction of sp³-hybridized carbons (Fsp3) is 0.158. The van der Waals surface area contributed by atoms with Crippen LogP contribution >= 0.6 is 0 Å². The molecule has 0 atom stereocenters. The van der Waals surface area contributed by atoms with Gasteiger partial charge in [-0.3, -0.25) is 9.59 Å². The average molecular weight is 374 g/mol. The van der Waals surface area contributed by atoms with E-state index in [1.807, 2.05) is 0 Å². The number of fused-ring (bicyclic) bond motifs is 1. The zero-order chi connectivity index (χ0) is 19.9. The second kappa shape index (κ2) is 6.71. The number of benzene rings is 2. The number of aryl methyl sites for hydroxylation is 1. The number of H-pyrrole nitrogens is 1. The van der Waals surface area contributed by atoms with Gasteiger partial charge in [0, 0.05) is 13.1 Å². The van der Waals surface area contributed by atoms with E-state index in [2.05, 4.69) is 4.98 Å². The van der Waals surface area contributed by atoms with Crippen molar-refractivity contribution in [1.82, 2.24) is 4.98 Å². The highest BCUT2D eigenvalue weighted by atomic mass is 19.1. The predicted octanol–water partition coefficient (Wildman–Crippen LogP) is 3.11. The minimum atomic E-state index is -0.976. The summed E-state index contributed by atoms with van der Waals surface area (Å²) >= 11 is 0. The Morgan fingerprint density at radius 1 is 1.22 bits per heavy atom. The van der Waals surface area contributed by atoms with Crippen LogP contribution in [0.1, 0.15) is 15.9 Å². The predicted molar refractivity (Wildman–Crippen MR) is 96.6 cm³/mol. The first-order chi connectivity index (χ1) is 12.8. The molecule has 3 aromatic rings. The number of aromatic nitrogens is 1. The molecule has 1 heterocycles. The minimum absolute atomic E-state index is 0.161. The average Bonchev–Trinajstić information content (AvgIpc) is 2.61. The molecule has 3 rings (SSSR count). The molecule has 140 valence electrons. The third kappa shape index (κ3) is 2.99. The molecule has 0 fully saturated rings. The fourth-order valence-corrected chi connectivity index (χ4v) is 2.94. The third-order valence-corrected chi connectivity index (χ3v) is 4.30. The Labute approximate surface area is 152 Å². The van der Waals surface area contributed by atoms with E-state index in [1.165, 1.54) is 14.2 Å². The van der Waals surface area contributed by atoms with Crippen LogP contribution in [-0.4, -0.2) is 30.2 Å². The molecule has 27 heavy (non-hydrogen) atoms. The molecule has 0 spiro atoms. The van der Waals surface area contributed by atoms with Gasteiger partial charge < -0.3 is 19.7 Å². The van der Waals surface area contributed by atoms with Gasteiger partial charge in [-0.2, -0.15) is 0 Å². The molecule has 0 unspecified atom stereocenters. The van der Waals surface area contributed by atoms with E-state index in [0.29, 0.717) is 17.4 Å². The number of methoxy groups -OCH3 is 1. The second-order valence-electron chi connectivity index (χ2n) is 5.98. The summed E-state index contributed by atoms with van der Waals surface area (Å²) < 4.78 is 32.4. The van der Waals surface area contributed by atoms with E-state index >= 15 is 0 Å². The number of nitrogens with one attached hydrogen (secondary N) is 1. The molecule has 0 saturated heterocycles. The topological polar surface area (TPSA) is 82.6 Å². The Kier molecular flexibility index (Phi) is 4.57. The maximum atomic E-state index is 14.0. The van der Waals surface area contributed by atoms with Gasteiger partial charge in [-0.25, -0.2) is 8.78 Å². The first kappa shape index (κ1) is 18.4. The van der Waals surface area contributed by atoms with Gasteiger partial charge in [0.05, 0.1) is 23.7 Å². The minimum Gasteiger partial charge on any atom is -0.506 e. The third-order valence-electron chi connectivity index (χ3n) is 4.30. The van der Waals surface area contributed by atoms with Crippen LogP contribution in [0.2, 0.25) is 0 Å². The monoisotopic (exact) mass is 374 g/mol. The number of aromatic amines is 1. The maximum absolute atomic E-state index is 14.0. The Hall–Kier alpha value is -3.42. The first-order valence-corrected chi connectivity index (χ1v) is 7.92. The number of ether oxygens (including phenoxy) is 1. The Bertz CT molecular complexity index is 1120. The van der Waals surface area contributed by atoms with Gasteiger partial charge in [0.25, 0.3) is 11.5 Å². The van der Waals surface area contributed by atoms with Gasteiger partial charge in [0.15, 0.2) is 0 Å². The number of halogens is 2. The van der Waals surface area contributed by atoms with Crippen LogP contribution in [0.3, 0.4) is 0 Å². The van der Waals surface area contributed by atoms with Crippen LogP contribution in [0.25, 0.3) is 10.9 Å².